The topological polar surface area (TPSA) is 98.4 Å². The molecule has 1 fully saturated rings. The van der Waals surface area contributed by atoms with Crippen molar-refractivity contribution in [2.45, 2.75) is 51.0 Å². The molecule has 0 unspecified atom stereocenters. The lowest BCUT2D eigenvalue weighted by Gasteiger charge is -2.46. The highest BCUT2D eigenvalue weighted by atomic mass is 16.7. The molecule has 2 aromatic carbocycles. The standard InChI is InChI=1S/C24H26O7/c1-13-16-11-10-15(29-23-20(26)19(25)21(28-4)24(2,3)31-23)12-17(16)30-22(27)18(13)14-8-6-5-7-9-14/h5-12,19-21,23,25-26H,1-4H3/t19-,20-,21+,23+/m0/s1. The zero-order valence-electron chi connectivity index (χ0n) is 17.9. The molecule has 1 aliphatic heterocycles. The smallest absolute Gasteiger partial charge is 0.344 e. The van der Waals surface area contributed by atoms with Crippen LogP contribution in [0.3, 0.4) is 0 Å². The Morgan fingerprint density at radius 2 is 1.74 bits per heavy atom. The number of aliphatic hydroxyl groups is 2. The van der Waals surface area contributed by atoms with Crippen LogP contribution in [0.25, 0.3) is 22.1 Å². The number of aryl methyl sites for hydroxylation is 1. The van der Waals surface area contributed by atoms with Crippen LogP contribution in [-0.4, -0.2) is 47.5 Å². The van der Waals surface area contributed by atoms with E-state index >= 15 is 0 Å². The van der Waals surface area contributed by atoms with Crippen LogP contribution in [0.1, 0.15) is 19.4 Å². The van der Waals surface area contributed by atoms with Crippen LogP contribution >= 0.6 is 0 Å². The Bertz CT molecular complexity index is 1140. The second-order valence-corrected chi connectivity index (χ2v) is 8.26. The summed E-state index contributed by atoms with van der Waals surface area (Å²) in [7, 11) is 1.45. The predicted octanol–water partition coefficient (Wildman–Crippen LogP) is 3.02. The number of aliphatic hydroxyl groups excluding tert-OH is 2. The minimum absolute atomic E-state index is 0.338. The van der Waals surface area contributed by atoms with Gasteiger partial charge in [0.05, 0.1) is 11.2 Å². The molecule has 164 valence electrons. The van der Waals surface area contributed by atoms with Crippen molar-refractivity contribution in [3.05, 3.63) is 64.5 Å². The minimum Gasteiger partial charge on any atom is -0.462 e. The van der Waals surface area contributed by atoms with E-state index in [-0.39, 0.29) is 0 Å². The maximum absolute atomic E-state index is 12.7. The van der Waals surface area contributed by atoms with Gasteiger partial charge in [0.1, 0.15) is 29.6 Å². The van der Waals surface area contributed by atoms with Crippen LogP contribution in [0.5, 0.6) is 5.75 Å². The van der Waals surface area contributed by atoms with Crippen molar-refractivity contribution in [1.29, 1.82) is 0 Å². The SMILES string of the molecule is CO[C@@H]1[C@@H](O)[C@H](O)[C@H](Oc2ccc3c(C)c(-c4ccccc4)c(=O)oc3c2)OC1(C)C. The molecule has 0 aliphatic carbocycles. The van der Waals surface area contributed by atoms with Crippen molar-refractivity contribution in [2.24, 2.45) is 0 Å². The lowest BCUT2D eigenvalue weighted by atomic mass is 9.89. The molecule has 0 amide bonds. The molecule has 1 aromatic heterocycles. The van der Waals surface area contributed by atoms with E-state index < -0.39 is 35.8 Å². The molecule has 2 N–H and O–H groups in total. The summed E-state index contributed by atoms with van der Waals surface area (Å²) >= 11 is 0. The van der Waals surface area contributed by atoms with Crippen LogP contribution in [0.4, 0.5) is 0 Å². The first kappa shape index (κ1) is 21.5. The Morgan fingerprint density at radius 1 is 1.03 bits per heavy atom. The third kappa shape index (κ3) is 3.85. The second-order valence-electron chi connectivity index (χ2n) is 8.26. The first-order valence-electron chi connectivity index (χ1n) is 10.1. The summed E-state index contributed by atoms with van der Waals surface area (Å²) in [5.74, 6) is 0.338. The van der Waals surface area contributed by atoms with Gasteiger partial charge in [-0.2, -0.15) is 0 Å². The third-order valence-corrected chi connectivity index (χ3v) is 5.75. The maximum atomic E-state index is 12.7. The van der Waals surface area contributed by atoms with Gasteiger partial charge in [-0.15, -0.1) is 0 Å². The number of benzene rings is 2. The van der Waals surface area contributed by atoms with Gasteiger partial charge in [-0.25, -0.2) is 4.79 Å². The van der Waals surface area contributed by atoms with Gasteiger partial charge in [0.15, 0.2) is 0 Å². The summed E-state index contributed by atoms with van der Waals surface area (Å²) in [6.07, 6.45) is -4.34. The molecule has 1 saturated heterocycles. The summed E-state index contributed by atoms with van der Waals surface area (Å²) in [5, 5.41) is 21.6. The molecular weight excluding hydrogens is 400 g/mol. The first-order valence-corrected chi connectivity index (χ1v) is 10.1. The van der Waals surface area contributed by atoms with Gasteiger partial charge in [0.2, 0.25) is 6.29 Å². The number of rotatable bonds is 4. The first-order chi connectivity index (χ1) is 14.7. The summed E-state index contributed by atoms with van der Waals surface area (Å²) < 4.78 is 22.5. The Labute approximate surface area is 179 Å². The molecule has 0 bridgehead atoms. The summed E-state index contributed by atoms with van der Waals surface area (Å²) in [5.41, 5.74) is 1.14. The van der Waals surface area contributed by atoms with Crippen LogP contribution in [0.15, 0.2) is 57.7 Å². The van der Waals surface area contributed by atoms with Gasteiger partial charge in [0.25, 0.3) is 0 Å². The number of ether oxygens (including phenoxy) is 3. The Kier molecular flexibility index (Phi) is 5.61. The summed E-state index contributed by atoms with van der Waals surface area (Å²) in [6, 6.07) is 14.4. The van der Waals surface area contributed by atoms with E-state index in [0.29, 0.717) is 16.9 Å². The van der Waals surface area contributed by atoms with Gasteiger partial charge in [0, 0.05) is 18.6 Å². The normalized spacial score (nSPS) is 25.5. The molecule has 4 atom stereocenters. The molecule has 7 heteroatoms. The average molecular weight is 426 g/mol. The maximum Gasteiger partial charge on any atom is 0.344 e. The summed E-state index contributed by atoms with van der Waals surface area (Å²) in [4.78, 5) is 12.7. The molecule has 0 radical (unpaired) electrons. The molecule has 3 aromatic rings. The highest BCUT2D eigenvalue weighted by molar-refractivity contribution is 5.87. The molecule has 0 saturated carbocycles. The fraction of sp³-hybridized carbons (Fsp3) is 0.375. The van der Waals surface area contributed by atoms with Crippen LogP contribution < -0.4 is 10.4 Å². The second kappa shape index (κ2) is 8.09. The molecule has 31 heavy (non-hydrogen) atoms. The molecule has 2 heterocycles. The van der Waals surface area contributed by atoms with E-state index in [2.05, 4.69) is 0 Å². The number of methoxy groups -OCH3 is 1. The van der Waals surface area contributed by atoms with E-state index in [1.54, 1.807) is 32.0 Å². The van der Waals surface area contributed by atoms with Gasteiger partial charge >= 0.3 is 5.63 Å². The molecule has 4 rings (SSSR count). The van der Waals surface area contributed by atoms with E-state index in [4.69, 9.17) is 18.6 Å². The average Bonchev–Trinajstić information content (AvgIpc) is 2.72. The highest BCUT2D eigenvalue weighted by Gasteiger charge is 2.50. The fourth-order valence-corrected chi connectivity index (χ4v) is 4.19. The van der Waals surface area contributed by atoms with Crippen LogP contribution in [0, 0.1) is 6.92 Å². The van der Waals surface area contributed by atoms with Crippen molar-refractivity contribution >= 4 is 11.0 Å². The monoisotopic (exact) mass is 426 g/mol. The van der Waals surface area contributed by atoms with Crippen molar-refractivity contribution in [3.8, 4) is 16.9 Å². The Morgan fingerprint density at radius 3 is 2.42 bits per heavy atom. The zero-order chi connectivity index (χ0) is 22.3. The Balaban J connectivity index is 1.67. The van der Waals surface area contributed by atoms with Crippen LogP contribution in [0.2, 0.25) is 0 Å². The number of hydrogen-bond donors (Lipinski definition) is 2. The van der Waals surface area contributed by atoms with E-state index in [9.17, 15) is 15.0 Å². The van der Waals surface area contributed by atoms with Crippen LogP contribution in [-0.2, 0) is 9.47 Å². The lowest BCUT2D eigenvalue weighted by molar-refractivity contribution is -0.305. The van der Waals surface area contributed by atoms with Gasteiger partial charge in [-0.3, -0.25) is 0 Å². The van der Waals surface area contributed by atoms with Crippen molar-refractivity contribution in [3.63, 3.8) is 0 Å². The minimum atomic E-state index is -1.32. The third-order valence-electron chi connectivity index (χ3n) is 5.75. The van der Waals surface area contributed by atoms with E-state index in [1.807, 2.05) is 37.3 Å². The quantitative estimate of drug-likeness (QED) is 0.619. The molecule has 7 nitrogen and oxygen atoms in total. The van der Waals surface area contributed by atoms with Gasteiger partial charge < -0.3 is 28.8 Å². The molecule has 0 spiro atoms. The van der Waals surface area contributed by atoms with Crippen molar-refractivity contribution in [1.82, 2.24) is 0 Å². The van der Waals surface area contributed by atoms with Crippen molar-refractivity contribution in [2.75, 3.05) is 7.11 Å². The van der Waals surface area contributed by atoms with E-state index in [0.717, 1.165) is 16.5 Å². The van der Waals surface area contributed by atoms with Gasteiger partial charge in [-0.05, 0) is 44.0 Å². The zero-order valence-corrected chi connectivity index (χ0v) is 17.9. The molecular formula is C24H26O7. The Hall–Kier alpha value is -2.71. The number of fused-ring (bicyclic) bond motifs is 1. The number of hydrogen-bond acceptors (Lipinski definition) is 7. The lowest BCUT2D eigenvalue weighted by Crippen LogP contribution is -2.63. The highest BCUT2D eigenvalue weighted by Crippen LogP contribution is 2.34. The molecule has 1 aliphatic rings. The fourth-order valence-electron chi connectivity index (χ4n) is 4.19. The van der Waals surface area contributed by atoms with Gasteiger partial charge in [-0.1, -0.05) is 30.3 Å². The largest absolute Gasteiger partial charge is 0.462 e. The van der Waals surface area contributed by atoms with Crippen molar-refractivity contribution < 1.29 is 28.8 Å². The van der Waals surface area contributed by atoms with E-state index in [1.165, 1.54) is 7.11 Å². The predicted molar refractivity (Wildman–Crippen MR) is 115 cm³/mol. The summed E-state index contributed by atoms with van der Waals surface area (Å²) in [6.45, 7) is 5.38.